The average molecular weight is 377 g/mol. The van der Waals surface area contributed by atoms with Crippen LogP contribution in [0.3, 0.4) is 0 Å². The van der Waals surface area contributed by atoms with Gasteiger partial charge in [-0.2, -0.15) is 0 Å². The lowest BCUT2D eigenvalue weighted by atomic mass is 10.1. The summed E-state index contributed by atoms with van der Waals surface area (Å²) >= 11 is 3.40. The van der Waals surface area contributed by atoms with E-state index in [4.69, 9.17) is 0 Å². The SMILES string of the molecule is CC[C@H]1C(=O)NCCN1C(=O)c1cn(-c2ccc(Br)cc2)cn1. The molecule has 1 aromatic carbocycles. The quantitative estimate of drug-likeness (QED) is 0.890. The molecule has 1 atom stereocenters. The van der Waals surface area contributed by atoms with Crippen molar-refractivity contribution in [3.63, 3.8) is 0 Å². The van der Waals surface area contributed by atoms with Crippen molar-refractivity contribution in [3.05, 3.63) is 47.0 Å². The van der Waals surface area contributed by atoms with Gasteiger partial charge in [0.1, 0.15) is 18.1 Å². The number of imidazole rings is 1. The van der Waals surface area contributed by atoms with Gasteiger partial charge in [0.2, 0.25) is 5.91 Å². The summed E-state index contributed by atoms with van der Waals surface area (Å²) in [6, 6.07) is 7.30. The molecule has 2 aromatic rings. The predicted molar refractivity (Wildman–Crippen MR) is 89.4 cm³/mol. The fourth-order valence-corrected chi connectivity index (χ4v) is 2.96. The molecule has 0 bridgehead atoms. The minimum atomic E-state index is -0.422. The van der Waals surface area contributed by atoms with Crippen molar-refractivity contribution in [1.29, 1.82) is 0 Å². The van der Waals surface area contributed by atoms with E-state index in [2.05, 4.69) is 26.2 Å². The highest BCUT2D eigenvalue weighted by Crippen LogP contribution is 2.16. The zero-order chi connectivity index (χ0) is 16.4. The molecule has 1 aliphatic rings. The van der Waals surface area contributed by atoms with Gasteiger partial charge in [-0.25, -0.2) is 4.98 Å². The number of hydrogen-bond acceptors (Lipinski definition) is 3. The summed E-state index contributed by atoms with van der Waals surface area (Å²) in [6.45, 7) is 2.89. The maximum absolute atomic E-state index is 12.7. The van der Waals surface area contributed by atoms with Crippen molar-refractivity contribution in [1.82, 2.24) is 19.8 Å². The summed E-state index contributed by atoms with van der Waals surface area (Å²) in [7, 11) is 0. The second-order valence-electron chi connectivity index (χ2n) is 5.36. The Hall–Kier alpha value is -2.15. The molecule has 2 amide bonds. The maximum atomic E-state index is 12.7. The Morgan fingerprint density at radius 2 is 2.13 bits per heavy atom. The molecule has 1 aliphatic heterocycles. The molecule has 0 saturated carbocycles. The van der Waals surface area contributed by atoms with E-state index in [-0.39, 0.29) is 11.8 Å². The summed E-state index contributed by atoms with van der Waals surface area (Å²) < 4.78 is 2.78. The number of hydrogen-bond donors (Lipinski definition) is 1. The lowest BCUT2D eigenvalue weighted by molar-refractivity contribution is -0.127. The van der Waals surface area contributed by atoms with Gasteiger partial charge in [0, 0.05) is 29.4 Å². The molecule has 0 radical (unpaired) electrons. The van der Waals surface area contributed by atoms with Crippen molar-refractivity contribution in [2.45, 2.75) is 19.4 Å². The molecule has 3 rings (SSSR count). The monoisotopic (exact) mass is 376 g/mol. The van der Waals surface area contributed by atoms with Crippen LogP contribution in [0, 0.1) is 0 Å². The topological polar surface area (TPSA) is 67.2 Å². The molecule has 1 saturated heterocycles. The van der Waals surface area contributed by atoms with Gasteiger partial charge in [0.25, 0.3) is 5.91 Å². The number of nitrogens with one attached hydrogen (secondary N) is 1. The van der Waals surface area contributed by atoms with Gasteiger partial charge in [0.15, 0.2) is 0 Å². The third kappa shape index (κ3) is 3.14. The zero-order valence-electron chi connectivity index (χ0n) is 12.7. The third-order valence-corrected chi connectivity index (χ3v) is 4.43. The van der Waals surface area contributed by atoms with Gasteiger partial charge in [-0.1, -0.05) is 22.9 Å². The van der Waals surface area contributed by atoms with Crippen molar-refractivity contribution >= 4 is 27.7 Å². The van der Waals surface area contributed by atoms with Crippen LogP contribution in [0.25, 0.3) is 5.69 Å². The fourth-order valence-electron chi connectivity index (χ4n) is 2.70. The Labute approximate surface area is 142 Å². The molecule has 0 spiro atoms. The van der Waals surface area contributed by atoms with Crippen molar-refractivity contribution in [2.24, 2.45) is 0 Å². The van der Waals surface area contributed by atoms with Crippen molar-refractivity contribution < 1.29 is 9.59 Å². The van der Waals surface area contributed by atoms with Gasteiger partial charge in [0.05, 0.1) is 0 Å². The number of aromatic nitrogens is 2. The van der Waals surface area contributed by atoms with Crippen molar-refractivity contribution in [2.75, 3.05) is 13.1 Å². The summed E-state index contributed by atoms with van der Waals surface area (Å²) in [5.74, 6) is -0.304. The number of carbonyl (C=O) groups excluding carboxylic acids is 2. The van der Waals surface area contributed by atoms with E-state index in [1.165, 1.54) is 0 Å². The van der Waals surface area contributed by atoms with Gasteiger partial charge in [-0.15, -0.1) is 0 Å². The van der Waals surface area contributed by atoms with Gasteiger partial charge in [-0.05, 0) is 30.7 Å². The van der Waals surface area contributed by atoms with Crippen molar-refractivity contribution in [3.8, 4) is 5.69 Å². The lowest BCUT2D eigenvalue weighted by Gasteiger charge is -2.33. The molecule has 6 nitrogen and oxygen atoms in total. The molecule has 2 heterocycles. The first-order valence-electron chi connectivity index (χ1n) is 7.48. The smallest absolute Gasteiger partial charge is 0.274 e. The Bertz CT molecular complexity index is 726. The number of halogens is 1. The minimum absolute atomic E-state index is 0.0977. The van der Waals surface area contributed by atoms with E-state index in [0.717, 1.165) is 10.2 Å². The minimum Gasteiger partial charge on any atom is -0.353 e. The second-order valence-corrected chi connectivity index (χ2v) is 6.27. The average Bonchev–Trinajstić information content (AvgIpc) is 3.04. The molecular formula is C16H17BrN4O2. The normalized spacial score (nSPS) is 17.9. The first-order valence-corrected chi connectivity index (χ1v) is 8.28. The highest BCUT2D eigenvalue weighted by molar-refractivity contribution is 9.10. The van der Waals surface area contributed by atoms with Gasteiger partial charge < -0.3 is 14.8 Å². The largest absolute Gasteiger partial charge is 0.353 e. The first kappa shape index (κ1) is 15.7. The summed E-state index contributed by atoms with van der Waals surface area (Å²) in [6.07, 6.45) is 3.90. The van der Waals surface area contributed by atoms with Crippen LogP contribution in [-0.4, -0.2) is 45.4 Å². The van der Waals surface area contributed by atoms with E-state index in [1.54, 1.807) is 22.0 Å². The van der Waals surface area contributed by atoms with Gasteiger partial charge in [-0.3, -0.25) is 9.59 Å². The number of carbonyl (C=O) groups is 2. The molecule has 0 unspecified atom stereocenters. The van der Waals surface area contributed by atoms with E-state index in [9.17, 15) is 9.59 Å². The molecule has 7 heteroatoms. The first-order chi connectivity index (χ1) is 11.1. The fraction of sp³-hybridized carbons (Fsp3) is 0.312. The number of benzene rings is 1. The van der Waals surface area contributed by atoms with E-state index >= 15 is 0 Å². The van der Waals surface area contributed by atoms with Crippen LogP contribution >= 0.6 is 15.9 Å². The van der Waals surface area contributed by atoms with Crippen LogP contribution in [0.15, 0.2) is 41.3 Å². The summed E-state index contributed by atoms with van der Waals surface area (Å²) in [4.78, 5) is 30.4. The molecule has 1 fully saturated rings. The highest BCUT2D eigenvalue weighted by atomic mass is 79.9. The Balaban J connectivity index is 1.83. The van der Waals surface area contributed by atoms with Crippen LogP contribution in [0.1, 0.15) is 23.8 Å². The van der Waals surface area contributed by atoms with Crippen LogP contribution in [0.4, 0.5) is 0 Å². The molecule has 0 aliphatic carbocycles. The zero-order valence-corrected chi connectivity index (χ0v) is 14.3. The Morgan fingerprint density at radius 3 is 2.83 bits per heavy atom. The standard InChI is InChI=1S/C16H17BrN4O2/c1-2-14-15(22)18-7-8-21(14)16(23)13-9-20(10-19-13)12-5-3-11(17)4-6-12/h3-6,9-10,14H,2,7-8H2,1H3,(H,18,22)/t14-/m0/s1. The summed E-state index contributed by atoms with van der Waals surface area (Å²) in [5.41, 5.74) is 1.27. The number of rotatable bonds is 3. The predicted octanol–water partition coefficient (Wildman–Crippen LogP) is 1.99. The molecular weight excluding hydrogens is 360 g/mol. The molecule has 120 valence electrons. The number of nitrogens with zero attached hydrogens (tertiary/aromatic N) is 3. The van der Waals surface area contributed by atoms with Gasteiger partial charge >= 0.3 is 0 Å². The second kappa shape index (κ2) is 6.54. The van der Waals surface area contributed by atoms with E-state index < -0.39 is 6.04 Å². The molecule has 1 N–H and O–H groups in total. The number of piperazine rings is 1. The van der Waals surface area contributed by atoms with Crippen LogP contribution in [0.2, 0.25) is 0 Å². The Morgan fingerprint density at radius 1 is 1.39 bits per heavy atom. The van der Waals surface area contributed by atoms with E-state index in [1.807, 2.05) is 31.2 Å². The number of amides is 2. The third-order valence-electron chi connectivity index (χ3n) is 3.90. The maximum Gasteiger partial charge on any atom is 0.274 e. The van der Waals surface area contributed by atoms with E-state index in [0.29, 0.717) is 25.2 Å². The Kier molecular flexibility index (Phi) is 4.47. The molecule has 23 heavy (non-hydrogen) atoms. The van der Waals surface area contributed by atoms with Crippen LogP contribution < -0.4 is 5.32 Å². The lowest BCUT2D eigenvalue weighted by Crippen LogP contribution is -2.56. The summed E-state index contributed by atoms with van der Waals surface area (Å²) in [5, 5.41) is 2.79. The van der Waals surface area contributed by atoms with Crippen LogP contribution in [0.5, 0.6) is 0 Å². The molecule has 1 aromatic heterocycles. The van der Waals surface area contributed by atoms with Crippen LogP contribution in [-0.2, 0) is 4.79 Å². The highest BCUT2D eigenvalue weighted by Gasteiger charge is 2.32.